The highest BCUT2D eigenvalue weighted by Crippen LogP contribution is 2.22. The minimum atomic E-state index is -0.698. The third-order valence-corrected chi connectivity index (χ3v) is 4.06. The first kappa shape index (κ1) is 16.3. The van der Waals surface area contributed by atoms with Gasteiger partial charge < -0.3 is 5.32 Å². The maximum absolute atomic E-state index is 13.9. The lowest BCUT2D eigenvalue weighted by Gasteiger charge is -2.08. The third kappa shape index (κ3) is 2.80. The quantitative estimate of drug-likeness (QED) is 0.787. The summed E-state index contributed by atoms with van der Waals surface area (Å²) < 4.78 is 16.8. The van der Waals surface area contributed by atoms with Crippen molar-refractivity contribution < 1.29 is 9.18 Å². The van der Waals surface area contributed by atoms with Crippen LogP contribution in [0, 0.1) is 5.82 Å². The van der Waals surface area contributed by atoms with Gasteiger partial charge in [0.15, 0.2) is 5.82 Å². The summed E-state index contributed by atoms with van der Waals surface area (Å²) in [5.74, 6) is -1.20. The lowest BCUT2D eigenvalue weighted by molar-refractivity contribution is -0.116. The smallest absolute Gasteiger partial charge is 0.322 e. The molecular formula is C17H15ClFN3O2. The summed E-state index contributed by atoms with van der Waals surface area (Å²) in [5, 5.41) is 2.38. The minimum Gasteiger partial charge on any atom is -0.322 e. The van der Waals surface area contributed by atoms with Crippen molar-refractivity contribution in [2.75, 3.05) is 5.32 Å². The molecule has 0 saturated heterocycles. The molecule has 0 saturated carbocycles. The summed E-state index contributed by atoms with van der Waals surface area (Å²) in [6, 6.07) is 11.6. The summed E-state index contributed by atoms with van der Waals surface area (Å²) in [4.78, 5) is 24.7. The number of imidazole rings is 1. The molecule has 7 heteroatoms. The zero-order valence-corrected chi connectivity index (χ0v) is 13.7. The topological polar surface area (TPSA) is 56.0 Å². The van der Waals surface area contributed by atoms with Gasteiger partial charge in [-0.2, -0.15) is 0 Å². The Hall–Kier alpha value is -2.60. The number of nitrogens with one attached hydrogen (secondary N) is 1. The van der Waals surface area contributed by atoms with Gasteiger partial charge in [-0.15, -0.1) is 0 Å². The molecule has 0 atom stereocenters. The number of rotatable bonds is 4. The van der Waals surface area contributed by atoms with Gasteiger partial charge in [-0.25, -0.2) is 9.18 Å². The maximum Gasteiger partial charge on any atom is 0.329 e. The normalized spacial score (nSPS) is 11.0. The van der Waals surface area contributed by atoms with E-state index in [2.05, 4.69) is 5.32 Å². The van der Waals surface area contributed by atoms with Gasteiger partial charge in [0.05, 0.1) is 21.7 Å². The van der Waals surface area contributed by atoms with Crippen LogP contribution in [0.2, 0.25) is 5.02 Å². The fraction of sp³-hybridized carbons (Fsp3) is 0.176. The van der Waals surface area contributed by atoms with Crippen LogP contribution in [0.3, 0.4) is 0 Å². The Morgan fingerprint density at radius 3 is 2.46 bits per heavy atom. The van der Waals surface area contributed by atoms with Crippen LogP contribution in [0.15, 0.2) is 47.3 Å². The molecule has 1 heterocycles. The number of carbonyl (C=O) groups is 1. The van der Waals surface area contributed by atoms with Crippen molar-refractivity contribution in [3.8, 4) is 0 Å². The Kier molecular flexibility index (Phi) is 4.40. The second kappa shape index (κ2) is 6.49. The zero-order chi connectivity index (χ0) is 17.3. The average Bonchev–Trinajstić information content (AvgIpc) is 2.84. The molecule has 0 radical (unpaired) electrons. The zero-order valence-electron chi connectivity index (χ0n) is 12.9. The van der Waals surface area contributed by atoms with Gasteiger partial charge in [0, 0.05) is 6.54 Å². The molecule has 0 fully saturated rings. The number of hydrogen-bond donors (Lipinski definition) is 1. The van der Waals surface area contributed by atoms with Gasteiger partial charge in [0.1, 0.15) is 6.54 Å². The lowest BCUT2D eigenvalue weighted by Crippen LogP contribution is -2.29. The summed E-state index contributed by atoms with van der Waals surface area (Å²) >= 11 is 5.70. The second-order valence-corrected chi connectivity index (χ2v) is 5.66. The van der Waals surface area contributed by atoms with E-state index in [0.717, 1.165) is 5.52 Å². The second-order valence-electron chi connectivity index (χ2n) is 5.25. The predicted octanol–water partition coefficient (Wildman–Crippen LogP) is 3.25. The molecule has 0 aliphatic rings. The van der Waals surface area contributed by atoms with Crippen molar-refractivity contribution in [3.05, 3.63) is 63.8 Å². The number of aromatic nitrogens is 2. The Balaban J connectivity index is 1.93. The van der Waals surface area contributed by atoms with E-state index in [1.165, 1.54) is 22.8 Å². The van der Waals surface area contributed by atoms with Crippen LogP contribution in [0.1, 0.15) is 6.92 Å². The molecule has 3 aromatic rings. The first-order chi connectivity index (χ1) is 11.5. The highest BCUT2D eigenvalue weighted by atomic mass is 35.5. The molecule has 0 aliphatic heterocycles. The monoisotopic (exact) mass is 347 g/mol. The van der Waals surface area contributed by atoms with Crippen LogP contribution in [-0.4, -0.2) is 15.0 Å². The van der Waals surface area contributed by atoms with E-state index >= 15 is 0 Å². The van der Waals surface area contributed by atoms with E-state index in [1.54, 1.807) is 16.7 Å². The third-order valence-electron chi connectivity index (χ3n) is 3.77. The van der Waals surface area contributed by atoms with Crippen LogP contribution in [0.4, 0.5) is 10.1 Å². The van der Waals surface area contributed by atoms with E-state index in [0.29, 0.717) is 12.1 Å². The molecule has 124 valence electrons. The number of benzene rings is 2. The molecule has 2 aromatic carbocycles. The average molecular weight is 348 g/mol. The van der Waals surface area contributed by atoms with Gasteiger partial charge in [-0.3, -0.25) is 13.9 Å². The molecule has 0 spiro atoms. The Morgan fingerprint density at radius 2 is 1.79 bits per heavy atom. The molecule has 1 amide bonds. The van der Waals surface area contributed by atoms with Crippen molar-refractivity contribution in [3.63, 3.8) is 0 Å². The first-order valence-electron chi connectivity index (χ1n) is 7.45. The Morgan fingerprint density at radius 1 is 1.12 bits per heavy atom. The predicted molar refractivity (Wildman–Crippen MR) is 91.9 cm³/mol. The van der Waals surface area contributed by atoms with Gasteiger partial charge in [0.25, 0.3) is 0 Å². The molecule has 0 aliphatic carbocycles. The lowest BCUT2D eigenvalue weighted by atomic mass is 10.3. The van der Waals surface area contributed by atoms with Crippen molar-refractivity contribution in [1.82, 2.24) is 9.13 Å². The number of para-hydroxylation sites is 2. The van der Waals surface area contributed by atoms with Crippen LogP contribution >= 0.6 is 11.6 Å². The number of anilines is 1. The largest absolute Gasteiger partial charge is 0.329 e. The molecule has 0 unspecified atom stereocenters. The highest BCUT2D eigenvalue weighted by molar-refractivity contribution is 6.31. The van der Waals surface area contributed by atoms with Crippen LogP contribution in [0.5, 0.6) is 0 Å². The fourth-order valence-corrected chi connectivity index (χ4v) is 2.84. The summed E-state index contributed by atoms with van der Waals surface area (Å²) in [6.07, 6.45) is 0. The number of aryl methyl sites for hydroxylation is 1. The van der Waals surface area contributed by atoms with E-state index in [4.69, 9.17) is 11.6 Å². The summed E-state index contributed by atoms with van der Waals surface area (Å²) in [5.41, 5.74) is 1.12. The molecule has 3 rings (SSSR count). The summed E-state index contributed by atoms with van der Waals surface area (Å²) in [7, 11) is 0. The number of halogens is 2. The van der Waals surface area contributed by atoms with Crippen LogP contribution < -0.4 is 11.0 Å². The van der Waals surface area contributed by atoms with Crippen molar-refractivity contribution in [1.29, 1.82) is 0 Å². The number of carbonyl (C=O) groups excluding carboxylic acids is 1. The number of fused-ring (bicyclic) bond motifs is 1. The van der Waals surface area contributed by atoms with Crippen LogP contribution in [0.25, 0.3) is 11.0 Å². The molecule has 5 nitrogen and oxygen atoms in total. The van der Waals surface area contributed by atoms with E-state index < -0.39 is 11.7 Å². The Labute approximate surface area is 142 Å². The highest BCUT2D eigenvalue weighted by Gasteiger charge is 2.15. The molecule has 0 bridgehead atoms. The van der Waals surface area contributed by atoms with Gasteiger partial charge in [-0.1, -0.05) is 29.8 Å². The maximum atomic E-state index is 13.9. The number of nitrogens with zero attached hydrogens (tertiary/aromatic N) is 2. The van der Waals surface area contributed by atoms with Crippen LogP contribution in [-0.2, 0) is 17.9 Å². The van der Waals surface area contributed by atoms with E-state index in [9.17, 15) is 14.0 Å². The molecule has 1 aromatic heterocycles. The fourth-order valence-electron chi connectivity index (χ4n) is 2.66. The van der Waals surface area contributed by atoms with Crippen molar-refractivity contribution >= 4 is 34.2 Å². The molecule has 24 heavy (non-hydrogen) atoms. The van der Waals surface area contributed by atoms with Gasteiger partial charge in [0.2, 0.25) is 5.91 Å². The van der Waals surface area contributed by atoms with E-state index in [-0.39, 0.29) is 22.9 Å². The minimum absolute atomic E-state index is 0.0141. The van der Waals surface area contributed by atoms with Crippen molar-refractivity contribution in [2.45, 2.75) is 20.0 Å². The first-order valence-corrected chi connectivity index (χ1v) is 7.82. The standard InChI is InChI=1S/C17H15ClFN3O2/c1-2-21-13-8-3-4-9-14(13)22(17(21)24)10-15(23)20-12-7-5-6-11(18)16(12)19/h3-9H,2,10H2,1H3,(H,20,23). The van der Waals surface area contributed by atoms with Gasteiger partial charge in [-0.05, 0) is 31.2 Å². The summed E-state index contributed by atoms with van der Waals surface area (Å²) in [6.45, 7) is 2.15. The van der Waals surface area contributed by atoms with Crippen molar-refractivity contribution in [2.24, 2.45) is 0 Å². The Bertz CT molecular complexity index is 978. The SMILES string of the molecule is CCn1c(=O)n(CC(=O)Nc2cccc(Cl)c2F)c2ccccc21. The van der Waals surface area contributed by atoms with Gasteiger partial charge >= 0.3 is 5.69 Å². The van der Waals surface area contributed by atoms with E-state index in [1.807, 2.05) is 19.1 Å². The number of amides is 1. The number of hydrogen-bond acceptors (Lipinski definition) is 2. The molecular weight excluding hydrogens is 333 g/mol. The molecule has 1 N–H and O–H groups in total.